The summed E-state index contributed by atoms with van der Waals surface area (Å²) in [7, 11) is 1.66. The van der Waals surface area contributed by atoms with E-state index in [1.807, 2.05) is 0 Å². The van der Waals surface area contributed by atoms with E-state index in [0.717, 1.165) is 32.0 Å². The van der Waals surface area contributed by atoms with Gasteiger partial charge in [-0.25, -0.2) is 0 Å². The Morgan fingerprint density at radius 2 is 2.56 bits per heavy atom. The Morgan fingerprint density at radius 1 is 1.67 bits per heavy atom. The van der Waals surface area contributed by atoms with Crippen LogP contribution in [0.15, 0.2) is 4.99 Å². The van der Waals surface area contributed by atoms with Crippen LogP contribution in [0.5, 0.6) is 0 Å². The molecule has 0 saturated heterocycles. The zero-order valence-corrected chi connectivity index (χ0v) is 5.68. The quantitative estimate of drug-likeness (QED) is 0.499. The molecular weight excluding hydrogens is 116 g/mol. The van der Waals surface area contributed by atoms with Gasteiger partial charge >= 0.3 is 0 Å². The molecule has 1 N–H and O–H groups in total. The second-order valence-electron chi connectivity index (χ2n) is 2.01. The molecule has 3 heteroatoms. The first-order chi connectivity index (χ1) is 4.43. The molecular formula is C6H12N2O. The molecule has 0 aromatic rings. The zero-order valence-electron chi connectivity index (χ0n) is 5.68. The standard InChI is InChI=1S/C6H12N2O/c1-9-6-5-7-3-2-4-8-6/h7H,2-5H2,1H3. The summed E-state index contributed by atoms with van der Waals surface area (Å²) in [6, 6.07) is 0. The van der Waals surface area contributed by atoms with Gasteiger partial charge in [-0.05, 0) is 13.0 Å². The minimum atomic E-state index is 0.788. The number of methoxy groups -OCH3 is 1. The summed E-state index contributed by atoms with van der Waals surface area (Å²) in [5.74, 6) is 0.826. The molecule has 1 rings (SSSR count). The van der Waals surface area contributed by atoms with E-state index in [-0.39, 0.29) is 0 Å². The van der Waals surface area contributed by atoms with E-state index in [1.165, 1.54) is 0 Å². The number of nitrogens with zero attached hydrogens (tertiary/aromatic N) is 1. The highest BCUT2D eigenvalue weighted by atomic mass is 16.5. The lowest BCUT2D eigenvalue weighted by Gasteiger charge is -2.00. The van der Waals surface area contributed by atoms with Crippen molar-refractivity contribution in [2.75, 3.05) is 26.7 Å². The predicted octanol–water partition coefficient (Wildman–Crippen LogP) is 0.0246. The topological polar surface area (TPSA) is 33.6 Å². The summed E-state index contributed by atoms with van der Waals surface area (Å²) >= 11 is 0. The maximum absolute atomic E-state index is 4.96. The van der Waals surface area contributed by atoms with Crippen molar-refractivity contribution in [3.8, 4) is 0 Å². The van der Waals surface area contributed by atoms with Gasteiger partial charge in [0.05, 0.1) is 13.7 Å². The molecule has 1 aliphatic rings. The van der Waals surface area contributed by atoms with E-state index in [9.17, 15) is 0 Å². The Labute approximate surface area is 55.1 Å². The largest absolute Gasteiger partial charge is 0.483 e. The van der Waals surface area contributed by atoms with Crippen LogP contribution in [-0.4, -0.2) is 32.6 Å². The van der Waals surface area contributed by atoms with Gasteiger partial charge in [-0.1, -0.05) is 0 Å². The molecule has 9 heavy (non-hydrogen) atoms. The summed E-state index contributed by atoms with van der Waals surface area (Å²) in [6.07, 6.45) is 1.12. The maximum atomic E-state index is 4.96. The molecule has 0 aromatic heterocycles. The van der Waals surface area contributed by atoms with Crippen molar-refractivity contribution < 1.29 is 4.74 Å². The molecule has 0 atom stereocenters. The molecule has 0 spiro atoms. The summed E-state index contributed by atoms with van der Waals surface area (Å²) in [6.45, 7) is 2.74. The molecule has 1 aliphatic heterocycles. The number of rotatable bonds is 0. The molecule has 0 bridgehead atoms. The third-order valence-corrected chi connectivity index (χ3v) is 1.31. The highest BCUT2D eigenvalue weighted by Gasteiger charge is 2.00. The molecule has 0 aliphatic carbocycles. The Balaban J connectivity index is 2.37. The normalized spacial score (nSPS) is 20.3. The third kappa shape index (κ3) is 2.01. The van der Waals surface area contributed by atoms with Crippen LogP contribution in [0, 0.1) is 0 Å². The van der Waals surface area contributed by atoms with Gasteiger partial charge in [0, 0.05) is 6.54 Å². The number of ether oxygens (including phenoxy) is 1. The van der Waals surface area contributed by atoms with E-state index >= 15 is 0 Å². The van der Waals surface area contributed by atoms with Gasteiger partial charge in [-0.3, -0.25) is 4.99 Å². The van der Waals surface area contributed by atoms with E-state index in [0.29, 0.717) is 0 Å². The van der Waals surface area contributed by atoms with Gasteiger partial charge in [0.25, 0.3) is 0 Å². The third-order valence-electron chi connectivity index (χ3n) is 1.31. The summed E-state index contributed by atoms with van der Waals surface area (Å²) in [4.78, 5) is 4.17. The van der Waals surface area contributed by atoms with Crippen LogP contribution in [0.4, 0.5) is 0 Å². The minimum Gasteiger partial charge on any atom is -0.483 e. The highest BCUT2D eigenvalue weighted by molar-refractivity contribution is 5.78. The first-order valence-electron chi connectivity index (χ1n) is 3.21. The van der Waals surface area contributed by atoms with Gasteiger partial charge in [-0.15, -0.1) is 0 Å². The predicted molar refractivity (Wildman–Crippen MR) is 36.8 cm³/mol. The van der Waals surface area contributed by atoms with Gasteiger partial charge in [0.15, 0.2) is 5.90 Å². The number of hydrogen-bond acceptors (Lipinski definition) is 3. The lowest BCUT2D eigenvalue weighted by molar-refractivity contribution is 0.391. The summed E-state index contributed by atoms with van der Waals surface area (Å²) in [5.41, 5.74) is 0. The average molecular weight is 128 g/mol. The monoisotopic (exact) mass is 128 g/mol. The van der Waals surface area contributed by atoms with Gasteiger partial charge < -0.3 is 10.1 Å². The van der Waals surface area contributed by atoms with Crippen molar-refractivity contribution in [3.05, 3.63) is 0 Å². The van der Waals surface area contributed by atoms with Gasteiger partial charge in [0.2, 0.25) is 0 Å². The van der Waals surface area contributed by atoms with Crippen molar-refractivity contribution in [1.29, 1.82) is 0 Å². The number of hydrogen-bond donors (Lipinski definition) is 1. The molecule has 0 aromatic carbocycles. The molecule has 0 radical (unpaired) electrons. The highest BCUT2D eigenvalue weighted by Crippen LogP contribution is 1.88. The molecule has 1 heterocycles. The van der Waals surface area contributed by atoms with Crippen molar-refractivity contribution in [1.82, 2.24) is 5.32 Å². The molecule has 3 nitrogen and oxygen atoms in total. The van der Waals surface area contributed by atoms with Crippen LogP contribution in [0.3, 0.4) is 0 Å². The zero-order chi connectivity index (χ0) is 6.53. The van der Waals surface area contributed by atoms with Crippen molar-refractivity contribution >= 4 is 5.90 Å². The first kappa shape index (κ1) is 6.55. The summed E-state index contributed by atoms with van der Waals surface area (Å²) < 4.78 is 4.96. The lowest BCUT2D eigenvalue weighted by Crippen LogP contribution is -2.22. The van der Waals surface area contributed by atoms with Crippen LogP contribution >= 0.6 is 0 Å². The van der Waals surface area contributed by atoms with E-state index < -0.39 is 0 Å². The van der Waals surface area contributed by atoms with Crippen LogP contribution < -0.4 is 5.32 Å². The molecule has 0 unspecified atom stereocenters. The second-order valence-corrected chi connectivity index (χ2v) is 2.01. The molecule has 0 amide bonds. The Bertz CT molecular complexity index is 112. The second kappa shape index (κ2) is 3.45. The van der Waals surface area contributed by atoms with Crippen LogP contribution in [-0.2, 0) is 4.74 Å². The Kier molecular flexibility index (Phi) is 2.51. The average Bonchev–Trinajstić information content (AvgIpc) is 2.13. The van der Waals surface area contributed by atoms with E-state index in [1.54, 1.807) is 7.11 Å². The van der Waals surface area contributed by atoms with Gasteiger partial charge in [-0.2, -0.15) is 0 Å². The fourth-order valence-electron chi connectivity index (χ4n) is 0.796. The smallest absolute Gasteiger partial charge is 0.197 e. The molecule has 52 valence electrons. The first-order valence-corrected chi connectivity index (χ1v) is 3.21. The summed E-state index contributed by atoms with van der Waals surface area (Å²) in [5, 5.41) is 3.19. The SMILES string of the molecule is COC1=NCCCNC1. The fraction of sp³-hybridized carbons (Fsp3) is 0.833. The molecule has 0 fully saturated rings. The Morgan fingerprint density at radius 3 is 3.33 bits per heavy atom. The van der Waals surface area contributed by atoms with Crippen molar-refractivity contribution in [3.63, 3.8) is 0 Å². The number of nitrogens with one attached hydrogen (secondary N) is 1. The van der Waals surface area contributed by atoms with Crippen LogP contribution in [0.2, 0.25) is 0 Å². The fourth-order valence-corrected chi connectivity index (χ4v) is 0.796. The lowest BCUT2D eigenvalue weighted by atomic mass is 10.4. The van der Waals surface area contributed by atoms with Crippen LogP contribution in [0.1, 0.15) is 6.42 Å². The molecule has 0 saturated carbocycles. The van der Waals surface area contributed by atoms with E-state index in [2.05, 4.69) is 10.3 Å². The number of aliphatic imine (C=N–C) groups is 1. The minimum absolute atomic E-state index is 0.788. The van der Waals surface area contributed by atoms with Crippen LogP contribution in [0.25, 0.3) is 0 Å². The Hall–Kier alpha value is -0.570. The van der Waals surface area contributed by atoms with Crippen molar-refractivity contribution in [2.24, 2.45) is 4.99 Å². The maximum Gasteiger partial charge on any atom is 0.197 e. The van der Waals surface area contributed by atoms with E-state index in [4.69, 9.17) is 4.74 Å². The van der Waals surface area contributed by atoms with Crippen molar-refractivity contribution in [2.45, 2.75) is 6.42 Å². The van der Waals surface area contributed by atoms with Gasteiger partial charge in [0.1, 0.15) is 0 Å².